The van der Waals surface area contributed by atoms with Crippen LogP contribution in [0.5, 0.6) is 0 Å². The Bertz CT molecular complexity index is 5330. The van der Waals surface area contributed by atoms with Gasteiger partial charge in [0.25, 0.3) is 6.71 Å². The molecule has 0 bridgehead atoms. The molecule has 15 aromatic rings. The van der Waals surface area contributed by atoms with Crippen LogP contribution in [-0.2, 0) is 10.8 Å². The number of furan rings is 1. The Hall–Kier alpha value is -10.0. The average Bonchev–Trinajstić information content (AvgIpc) is 0.879. The lowest BCUT2D eigenvalue weighted by Gasteiger charge is -2.45. The number of anilines is 9. The van der Waals surface area contributed by atoms with E-state index in [0.717, 1.165) is 61.8 Å². The normalized spacial score (nSPS) is 13.3. The minimum Gasteiger partial charge on any atom is -0.456 e. The van der Waals surface area contributed by atoms with Crippen molar-refractivity contribution in [1.82, 2.24) is 4.57 Å². The van der Waals surface area contributed by atoms with Gasteiger partial charge in [-0.25, -0.2) is 0 Å². The number of hydrogen-bond donors (Lipinski definition) is 0. The summed E-state index contributed by atoms with van der Waals surface area (Å²) >= 11 is 0. The second-order valence-corrected chi connectivity index (χ2v) is 27.2. The van der Waals surface area contributed by atoms with Crippen LogP contribution in [0, 0.1) is 6.92 Å². The molecule has 424 valence electrons. The largest absolute Gasteiger partial charge is 0.456 e. The van der Waals surface area contributed by atoms with Crippen molar-refractivity contribution in [3.63, 3.8) is 0 Å². The first kappa shape index (κ1) is 52.3. The van der Waals surface area contributed by atoms with Gasteiger partial charge in [0, 0.05) is 78.1 Å². The third kappa shape index (κ3) is 7.87. The average molecular weight is 1140 g/mol. The zero-order valence-corrected chi connectivity index (χ0v) is 51.4. The molecule has 5 nitrogen and oxygen atoms in total. The van der Waals surface area contributed by atoms with Crippen molar-refractivity contribution in [2.24, 2.45) is 0 Å². The number of fused-ring (bicyclic) bond motifs is 10. The van der Waals surface area contributed by atoms with Crippen molar-refractivity contribution >= 4 is 150 Å². The smallest absolute Gasteiger partial charge is 0.252 e. The third-order valence-electron chi connectivity index (χ3n) is 19.4. The van der Waals surface area contributed by atoms with Gasteiger partial charge in [-0.2, -0.15) is 0 Å². The molecule has 17 rings (SSSR count). The molecule has 0 fully saturated rings. The van der Waals surface area contributed by atoms with Gasteiger partial charge in [0.05, 0.1) is 16.7 Å². The van der Waals surface area contributed by atoms with E-state index in [1.165, 1.54) is 110 Å². The van der Waals surface area contributed by atoms with Gasteiger partial charge in [-0.3, -0.25) is 0 Å². The van der Waals surface area contributed by atoms with Gasteiger partial charge in [0.2, 0.25) is 0 Å². The fourth-order valence-corrected chi connectivity index (χ4v) is 14.9. The van der Waals surface area contributed by atoms with Gasteiger partial charge >= 0.3 is 0 Å². The summed E-state index contributed by atoms with van der Waals surface area (Å²) in [6.07, 6.45) is 0. The Morgan fingerprint density at radius 2 is 1.01 bits per heavy atom. The van der Waals surface area contributed by atoms with Crippen LogP contribution in [-0.4, -0.2) is 11.3 Å². The molecule has 2 aliphatic rings. The number of para-hydroxylation sites is 2. The molecular weight excluding hydrogens is 1070 g/mol. The summed E-state index contributed by atoms with van der Waals surface area (Å²) in [4.78, 5) is 7.72. The van der Waals surface area contributed by atoms with Crippen LogP contribution in [0.3, 0.4) is 0 Å². The van der Waals surface area contributed by atoms with Gasteiger partial charge < -0.3 is 23.7 Å². The summed E-state index contributed by atoms with van der Waals surface area (Å²) in [6, 6.07) is 90.2. The minimum atomic E-state index is -0.135. The first-order valence-electron chi connectivity index (χ1n) is 31.3. The summed E-state index contributed by atoms with van der Waals surface area (Å²) in [6.45, 7) is 20.5. The Morgan fingerprint density at radius 3 is 1.69 bits per heavy atom. The first-order valence-corrected chi connectivity index (χ1v) is 31.3. The predicted molar refractivity (Wildman–Crippen MR) is 377 cm³/mol. The zero-order chi connectivity index (χ0) is 59.6. The first-order chi connectivity index (χ1) is 42.6. The minimum absolute atomic E-state index is 0.0102. The van der Waals surface area contributed by atoms with Crippen molar-refractivity contribution in [2.45, 2.75) is 79.1 Å². The topological polar surface area (TPSA) is 27.8 Å². The zero-order valence-electron chi connectivity index (χ0n) is 51.4. The molecule has 88 heavy (non-hydrogen) atoms. The molecule has 0 radical (unpaired) electrons. The number of nitrogens with zero attached hydrogens (tertiary/aromatic N) is 4. The molecule has 0 saturated carbocycles. The van der Waals surface area contributed by atoms with Crippen LogP contribution in [0.15, 0.2) is 241 Å². The van der Waals surface area contributed by atoms with Gasteiger partial charge in [0.1, 0.15) is 11.2 Å². The van der Waals surface area contributed by atoms with Gasteiger partial charge in [0.15, 0.2) is 0 Å². The van der Waals surface area contributed by atoms with Crippen molar-refractivity contribution in [3.05, 3.63) is 259 Å². The number of rotatable bonds is 7. The molecule has 0 saturated heterocycles. The fourth-order valence-electron chi connectivity index (χ4n) is 14.9. The number of benzene rings is 13. The molecule has 0 atom stereocenters. The third-order valence-corrected chi connectivity index (χ3v) is 19.4. The van der Waals surface area contributed by atoms with Crippen molar-refractivity contribution in [1.29, 1.82) is 0 Å². The van der Waals surface area contributed by atoms with Crippen LogP contribution in [0.2, 0.25) is 0 Å². The highest BCUT2D eigenvalue weighted by Crippen LogP contribution is 2.51. The van der Waals surface area contributed by atoms with E-state index in [2.05, 4.69) is 318 Å². The van der Waals surface area contributed by atoms with E-state index in [9.17, 15) is 0 Å². The van der Waals surface area contributed by atoms with Crippen molar-refractivity contribution in [3.8, 4) is 5.69 Å². The van der Waals surface area contributed by atoms with Crippen LogP contribution >= 0.6 is 0 Å². The quantitative estimate of drug-likeness (QED) is 0.117. The predicted octanol–water partition coefficient (Wildman–Crippen LogP) is 21.2. The molecule has 2 aromatic heterocycles. The molecule has 6 heteroatoms. The molecule has 0 aliphatic carbocycles. The second kappa shape index (κ2) is 19.0. The Kier molecular flexibility index (Phi) is 11.3. The van der Waals surface area contributed by atoms with E-state index < -0.39 is 0 Å². The van der Waals surface area contributed by atoms with Crippen LogP contribution in [0.25, 0.3) is 81.7 Å². The molecule has 0 N–H and O–H groups in total. The Balaban J connectivity index is 0.978. The number of aromatic nitrogens is 1. The maximum atomic E-state index is 6.62. The standard InChI is InChI=1S/C82H67BN4O/c1-49(2)54-43-74-80-75(44-54)87(59-33-29-56(30-34-59)82(7,8)9)73-48-71-65(62-20-13-14-21-69(62)85(71)57-18-11-10-12-19-57)47-68(73)83(80)67-39-35-61(46-72(67)86(74)58-31-27-55(28-32-58)81(4,5)6)84(60-36-41-76-66(45-60)63-37-22-50(3)42-77(63)88-76)70-40-26-53-24-23-51-16-15-17-52-25-38-64(70)79(53)78(51)52/h10-49H,1-9H3. The number of aryl methyl sites for hydroxylation is 1. The van der Waals surface area contributed by atoms with Crippen LogP contribution in [0.4, 0.5) is 51.2 Å². The van der Waals surface area contributed by atoms with Crippen molar-refractivity contribution < 1.29 is 4.42 Å². The molecular formula is C82H67BN4O. The summed E-state index contributed by atoms with van der Waals surface area (Å²) in [5.41, 5.74) is 24.4. The summed E-state index contributed by atoms with van der Waals surface area (Å²) in [7, 11) is 0. The summed E-state index contributed by atoms with van der Waals surface area (Å²) in [5.74, 6) is 0.232. The van der Waals surface area contributed by atoms with E-state index in [-0.39, 0.29) is 23.5 Å². The monoisotopic (exact) mass is 1130 g/mol. The molecule has 0 amide bonds. The van der Waals surface area contributed by atoms with E-state index in [1.54, 1.807) is 0 Å². The fraction of sp³-hybridized carbons (Fsp3) is 0.146. The van der Waals surface area contributed by atoms with Crippen LogP contribution in [0.1, 0.15) is 83.6 Å². The lowest BCUT2D eigenvalue weighted by molar-refractivity contribution is 0.590. The van der Waals surface area contributed by atoms with E-state index >= 15 is 0 Å². The maximum Gasteiger partial charge on any atom is 0.252 e. The van der Waals surface area contributed by atoms with E-state index in [4.69, 9.17) is 4.42 Å². The molecule has 0 spiro atoms. The molecule has 2 aliphatic heterocycles. The highest BCUT2D eigenvalue weighted by molar-refractivity contribution is 7.00. The summed E-state index contributed by atoms with van der Waals surface area (Å²) in [5, 5.41) is 12.2. The molecule has 4 heterocycles. The molecule has 0 unspecified atom stereocenters. The van der Waals surface area contributed by atoms with Gasteiger partial charge in [-0.15, -0.1) is 0 Å². The van der Waals surface area contributed by atoms with Crippen LogP contribution < -0.4 is 31.1 Å². The highest BCUT2D eigenvalue weighted by Gasteiger charge is 2.45. The van der Waals surface area contributed by atoms with Gasteiger partial charge in [-0.05, 0) is 192 Å². The second-order valence-electron chi connectivity index (χ2n) is 27.2. The lowest BCUT2D eigenvalue weighted by Crippen LogP contribution is -2.61. The van der Waals surface area contributed by atoms with Gasteiger partial charge in [-0.1, -0.05) is 189 Å². The highest BCUT2D eigenvalue weighted by atomic mass is 16.3. The maximum absolute atomic E-state index is 6.62. The van der Waals surface area contributed by atoms with Crippen molar-refractivity contribution in [2.75, 3.05) is 14.7 Å². The SMILES string of the molecule is Cc1ccc2c(c1)oc1ccc(N(c3ccc4c(c3)N(c3ccc(C(C)(C)C)cc3)c3cc(C(C)C)cc5c3B4c3cc4c6ccccc6n(-c6ccccc6)c4cc3N5c3ccc(C(C)(C)C)cc3)c3ccc4ccc5cccc6ccc3c4c56)cc12. The Labute approximate surface area is 514 Å². The van der Waals surface area contributed by atoms with E-state index in [0.29, 0.717) is 0 Å². The Morgan fingerprint density at radius 1 is 0.409 bits per heavy atom. The van der Waals surface area contributed by atoms with E-state index in [1.807, 2.05) is 0 Å². The lowest BCUT2D eigenvalue weighted by atomic mass is 9.33. The molecule has 13 aromatic carbocycles. The number of hydrogen-bond acceptors (Lipinski definition) is 4. The summed E-state index contributed by atoms with van der Waals surface area (Å²) < 4.78 is 9.09.